The van der Waals surface area contributed by atoms with Gasteiger partial charge in [0, 0.05) is 6.92 Å². The minimum atomic E-state index is -4.30. The molecule has 0 aliphatic carbocycles. The van der Waals surface area contributed by atoms with Gasteiger partial charge in [0.15, 0.2) is 0 Å². The van der Waals surface area contributed by atoms with Crippen LogP contribution < -0.4 is 0 Å². The summed E-state index contributed by atoms with van der Waals surface area (Å²) in [6.45, 7) is 1.03. The maximum atomic E-state index is 11.0. The fraction of sp³-hybridized carbons (Fsp3) is 0.800. The van der Waals surface area contributed by atoms with Crippen molar-refractivity contribution in [1.82, 2.24) is 0 Å². The molecule has 0 bridgehead atoms. The fourth-order valence-corrected chi connectivity index (χ4v) is 2.02. The third-order valence-corrected chi connectivity index (χ3v) is 3.32. The molecule has 2 unspecified atom stereocenters. The molecule has 0 rings (SSSR count). The Bertz CT molecular complexity index is 321. The highest BCUT2D eigenvalue weighted by molar-refractivity contribution is 7.82. The summed E-state index contributed by atoms with van der Waals surface area (Å²) in [5.74, 6) is -2.39. The van der Waals surface area contributed by atoms with Gasteiger partial charge < -0.3 is 0 Å². The highest BCUT2D eigenvalue weighted by Crippen LogP contribution is 2.31. The SMILES string of the molecule is CO[P+](=O)C(OS(=O)(=O)OC)C(C)=O. The van der Waals surface area contributed by atoms with Gasteiger partial charge in [-0.3, -0.25) is 8.98 Å². The van der Waals surface area contributed by atoms with Crippen LogP contribution in [-0.4, -0.2) is 34.3 Å². The minimum absolute atomic E-state index is 0.728. The van der Waals surface area contributed by atoms with E-state index in [1.807, 2.05) is 0 Å². The van der Waals surface area contributed by atoms with E-state index in [4.69, 9.17) is 0 Å². The first-order valence-electron chi connectivity index (χ1n) is 3.34. The van der Waals surface area contributed by atoms with Crippen LogP contribution in [-0.2, 0) is 32.6 Å². The van der Waals surface area contributed by atoms with E-state index in [2.05, 4.69) is 12.9 Å². The summed E-state index contributed by atoms with van der Waals surface area (Å²) in [5, 5.41) is 0. The lowest BCUT2D eigenvalue weighted by atomic mass is 10.5. The highest BCUT2D eigenvalue weighted by atomic mass is 32.3. The molecule has 0 N–H and O–H groups in total. The monoisotopic (exact) mass is 245 g/mol. The van der Waals surface area contributed by atoms with Crippen molar-refractivity contribution in [1.29, 1.82) is 0 Å². The number of Topliss-reactive ketones (excluding diaryl/α,β-unsaturated/α-hetero) is 1. The Balaban J connectivity index is 4.72. The standard InChI is InChI=1S/C5H10O7PS/c1-4(6)5(13(7)10-2)12-14(8,9)11-3/h5H,1-3H3/q+1. The van der Waals surface area contributed by atoms with Gasteiger partial charge in [-0.25, -0.2) is 0 Å². The zero-order chi connectivity index (χ0) is 11.4. The van der Waals surface area contributed by atoms with Gasteiger partial charge in [0.2, 0.25) is 5.78 Å². The van der Waals surface area contributed by atoms with Gasteiger partial charge in [0.1, 0.15) is 0 Å². The molecule has 14 heavy (non-hydrogen) atoms. The van der Waals surface area contributed by atoms with Gasteiger partial charge in [-0.15, -0.1) is 4.52 Å². The topological polar surface area (TPSA) is 96.0 Å². The van der Waals surface area contributed by atoms with Crippen LogP contribution in [0.25, 0.3) is 0 Å². The molecule has 2 atom stereocenters. The minimum Gasteiger partial charge on any atom is -0.292 e. The van der Waals surface area contributed by atoms with Crippen LogP contribution in [0.5, 0.6) is 0 Å². The Hall–Kier alpha value is -0.400. The molecule has 82 valence electrons. The van der Waals surface area contributed by atoms with Gasteiger partial charge in [0.05, 0.1) is 14.2 Å². The first-order chi connectivity index (χ1) is 6.34. The molecule has 0 saturated heterocycles. The molecule has 0 aromatic heterocycles. The lowest BCUT2D eigenvalue weighted by Crippen LogP contribution is -2.23. The Labute approximate surface area is 82.5 Å². The number of carbonyl (C=O) groups is 1. The summed E-state index contributed by atoms with van der Waals surface area (Å²) in [6, 6.07) is 0. The van der Waals surface area contributed by atoms with Gasteiger partial charge in [-0.1, -0.05) is 0 Å². The van der Waals surface area contributed by atoms with Crippen molar-refractivity contribution in [3.63, 3.8) is 0 Å². The Morgan fingerprint density at radius 2 is 1.86 bits per heavy atom. The Kier molecular flexibility index (Phi) is 5.32. The van der Waals surface area contributed by atoms with Gasteiger partial charge in [0.25, 0.3) is 0 Å². The van der Waals surface area contributed by atoms with Crippen molar-refractivity contribution in [3.8, 4) is 0 Å². The number of hydrogen-bond acceptors (Lipinski definition) is 7. The van der Waals surface area contributed by atoms with Crippen LogP contribution in [0.3, 0.4) is 0 Å². The predicted octanol–water partition coefficient (Wildman–Crippen LogP) is 0.198. The average molecular weight is 245 g/mol. The molecule has 0 aromatic carbocycles. The number of rotatable bonds is 6. The molecule has 0 spiro atoms. The van der Waals surface area contributed by atoms with E-state index in [1.165, 1.54) is 0 Å². The molecule has 0 aromatic rings. The van der Waals surface area contributed by atoms with Crippen molar-refractivity contribution in [2.75, 3.05) is 14.2 Å². The summed E-state index contributed by atoms with van der Waals surface area (Å²) in [7, 11) is -4.92. The quantitative estimate of drug-likeness (QED) is 0.616. The van der Waals surface area contributed by atoms with Crippen molar-refractivity contribution < 1.29 is 30.7 Å². The Morgan fingerprint density at radius 1 is 1.36 bits per heavy atom. The lowest BCUT2D eigenvalue weighted by molar-refractivity contribution is -0.120. The average Bonchev–Trinajstić information content (AvgIpc) is 2.13. The molecule has 0 heterocycles. The zero-order valence-electron chi connectivity index (χ0n) is 7.79. The molecule has 0 aliphatic heterocycles. The van der Waals surface area contributed by atoms with E-state index >= 15 is 0 Å². The van der Waals surface area contributed by atoms with Gasteiger partial charge in [-0.05, 0) is 4.57 Å². The molecule has 0 radical (unpaired) electrons. The smallest absolute Gasteiger partial charge is 0.292 e. The van der Waals surface area contributed by atoms with E-state index in [9.17, 15) is 17.8 Å². The largest absolute Gasteiger partial charge is 0.549 e. The molecule has 0 saturated carbocycles. The van der Waals surface area contributed by atoms with Crippen LogP contribution in [0.1, 0.15) is 6.92 Å². The molecule has 0 aliphatic rings. The second-order valence-corrected chi connectivity index (χ2v) is 4.85. The second-order valence-electron chi connectivity index (χ2n) is 2.10. The van der Waals surface area contributed by atoms with Crippen LogP contribution in [0.2, 0.25) is 0 Å². The maximum Gasteiger partial charge on any atom is 0.549 e. The molecule has 7 nitrogen and oxygen atoms in total. The van der Waals surface area contributed by atoms with E-state index in [-0.39, 0.29) is 0 Å². The van der Waals surface area contributed by atoms with E-state index < -0.39 is 30.1 Å². The molecule has 0 amide bonds. The highest BCUT2D eigenvalue weighted by Gasteiger charge is 2.41. The third kappa shape index (κ3) is 4.21. The molecule has 0 fully saturated rings. The second kappa shape index (κ2) is 5.47. The van der Waals surface area contributed by atoms with Crippen molar-refractivity contribution in [2.45, 2.75) is 12.8 Å². The fourth-order valence-electron chi connectivity index (χ4n) is 0.498. The maximum absolute atomic E-state index is 11.0. The van der Waals surface area contributed by atoms with Crippen LogP contribution in [0.4, 0.5) is 0 Å². The number of hydrogen-bond donors (Lipinski definition) is 0. The molecular formula is C5H10O7PS+. The normalized spacial score (nSPS) is 14.9. The first kappa shape index (κ1) is 13.6. The predicted molar refractivity (Wildman–Crippen MR) is 46.1 cm³/mol. The third-order valence-electron chi connectivity index (χ3n) is 1.13. The van der Waals surface area contributed by atoms with Crippen molar-refractivity contribution >= 4 is 24.2 Å². The zero-order valence-corrected chi connectivity index (χ0v) is 9.50. The van der Waals surface area contributed by atoms with E-state index in [0.717, 1.165) is 21.1 Å². The molecular weight excluding hydrogens is 235 g/mol. The van der Waals surface area contributed by atoms with Gasteiger partial charge in [-0.2, -0.15) is 12.6 Å². The number of ketones is 1. The summed E-state index contributed by atoms with van der Waals surface area (Å²) in [5.41, 5.74) is 0. The lowest BCUT2D eigenvalue weighted by Gasteiger charge is -2.02. The summed E-state index contributed by atoms with van der Waals surface area (Å²) < 4.78 is 44.9. The van der Waals surface area contributed by atoms with Crippen molar-refractivity contribution in [3.05, 3.63) is 0 Å². The summed E-state index contributed by atoms with van der Waals surface area (Å²) >= 11 is 0. The first-order valence-corrected chi connectivity index (χ1v) is 5.92. The van der Waals surface area contributed by atoms with Gasteiger partial charge >= 0.3 is 24.3 Å². The summed E-state index contributed by atoms with van der Waals surface area (Å²) in [4.78, 5) is 10.8. The van der Waals surface area contributed by atoms with Crippen LogP contribution >= 0.6 is 8.03 Å². The van der Waals surface area contributed by atoms with E-state index in [0.29, 0.717) is 0 Å². The summed E-state index contributed by atoms with van der Waals surface area (Å²) in [6.07, 6.45) is 0. The Morgan fingerprint density at radius 3 is 2.14 bits per heavy atom. The number of carbonyl (C=O) groups excluding carboxylic acids is 1. The molecule has 9 heteroatoms. The van der Waals surface area contributed by atoms with Crippen LogP contribution in [0, 0.1) is 0 Å². The van der Waals surface area contributed by atoms with E-state index in [1.54, 1.807) is 0 Å². The van der Waals surface area contributed by atoms with Crippen molar-refractivity contribution in [2.24, 2.45) is 0 Å². The van der Waals surface area contributed by atoms with Crippen LogP contribution in [0.15, 0.2) is 0 Å².